The molecule has 244 valence electrons. The Bertz CT molecular complexity index is 815. The summed E-state index contributed by atoms with van der Waals surface area (Å²) in [7, 11) is 0. The monoisotopic (exact) mass is 596 g/mol. The average Bonchev–Trinajstić information content (AvgIpc) is 2.98. The molecule has 0 aliphatic heterocycles. The molecule has 0 heterocycles. The lowest BCUT2D eigenvalue weighted by atomic mass is 10.0. The Morgan fingerprint density at radius 1 is 0.535 bits per heavy atom. The van der Waals surface area contributed by atoms with Crippen molar-refractivity contribution in [2.75, 3.05) is 0 Å². The summed E-state index contributed by atoms with van der Waals surface area (Å²) in [6, 6.07) is 0. The van der Waals surface area contributed by atoms with Crippen LogP contribution in [0, 0.1) is 0 Å². The number of unbranched alkanes of at least 4 members (excludes halogenated alkanes) is 11. The minimum Gasteiger partial charge on any atom is -0.481 e. The minimum atomic E-state index is -0.678. The number of carboxylic acids is 1. The van der Waals surface area contributed by atoms with Crippen LogP contribution >= 0.6 is 0 Å². The molecule has 0 aromatic carbocycles. The number of rotatable bonds is 30. The van der Waals surface area contributed by atoms with Gasteiger partial charge in [0.25, 0.3) is 0 Å². The predicted molar refractivity (Wildman–Crippen MR) is 185 cm³/mol. The molecule has 0 aliphatic carbocycles. The Morgan fingerprint density at radius 2 is 0.907 bits per heavy atom. The topological polar surface area (TPSA) is 63.6 Å². The third-order valence-electron chi connectivity index (χ3n) is 7.20. The van der Waals surface area contributed by atoms with Crippen LogP contribution in [0.5, 0.6) is 0 Å². The van der Waals surface area contributed by atoms with Crippen LogP contribution in [0.15, 0.2) is 72.9 Å². The molecule has 1 unspecified atom stereocenters. The highest BCUT2D eigenvalue weighted by molar-refractivity contribution is 5.69. The van der Waals surface area contributed by atoms with Gasteiger partial charge in [0.1, 0.15) is 0 Å². The fraction of sp³-hybridized carbons (Fsp3) is 0.641. The minimum absolute atomic E-state index is 0.00766. The molecule has 4 heteroatoms. The standard InChI is InChI=1S/C39H64O4/c1-3-4-5-6-7-8-9-10-11-12-13-14-15-16-21-24-27-30-33-36-39(42)43-37(2)34-31-28-25-22-19-17-18-20-23-26-29-32-35-38(40)41/h4-5,7-8,10-11,13-14,16,21,27,30,37H,3,6,9,12,15,17-20,22-26,28-29,31-36H2,1-2H3,(H,40,41)/b5-4-,8-7-,11-10-,14-13-,21-16-,30-27-. The first-order valence-electron chi connectivity index (χ1n) is 17.4. The van der Waals surface area contributed by atoms with E-state index in [0.29, 0.717) is 12.8 Å². The van der Waals surface area contributed by atoms with E-state index in [1.54, 1.807) is 0 Å². The van der Waals surface area contributed by atoms with Crippen LogP contribution in [-0.4, -0.2) is 23.1 Å². The van der Waals surface area contributed by atoms with E-state index in [4.69, 9.17) is 9.84 Å². The second-order valence-electron chi connectivity index (χ2n) is 11.4. The van der Waals surface area contributed by atoms with Gasteiger partial charge in [-0.05, 0) is 71.1 Å². The molecule has 1 atom stereocenters. The molecule has 0 radical (unpaired) electrons. The van der Waals surface area contributed by atoms with E-state index in [2.05, 4.69) is 79.8 Å². The van der Waals surface area contributed by atoms with Crippen molar-refractivity contribution in [3.8, 4) is 0 Å². The molecule has 0 saturated carbocycles. The number of carbonyl (C=O) groups excluding carboxylic acids is 1. The van der Waals surface area contributed by atoms with Crippen molar-refractivity contribution in [1.82, 2.24) is 0 Å². The van der Waals surface area contributed by atoms with Crippen LogP contribution in [0.3, 0.4) is 0 Å². The van der Waals surface area contributed by atoms with Gasteiger partial charge in [-0.2, -0.15) is 0 Å². The van der Waals surface area contributed by atoms with E-state index in [0.717, 1.165) is 70.6 Å². The Labute approximate surface area is 265 Å². The molecule has 4 nitrogen and oxygen atoms in total. The van der Waals surface area contributed by atoms with Gasteiger partial charge in [-0.15, -0.1) is 0 Å². The highest BCUT2D eigenvalue weighted by Gasteiger charge is 2.08. The summed E-state index contributed by atoms with van der Waals surface area (Å²) in [5.74, 6) is -0.767. The SMILES string of the molecule is CC/C=C\C/C=C\C/C=C\C/C=C\C/C=C\C/C=C\CCC(=O)OC(C)CCCCCCCCCCCCCCC(=O)O. The Kier molecular flexibility index (Phi) is 31.8. The highest BCUT2D eigenvalue weighted by atomic mass is 16.5. The van der Waals surface area contributed by atoms with Crippen molar-refractivity contribution in [1.29, 1.82) is 0 Å². The Hall–Kier alpha value is -2.62. The van der Waals surface area contributed by atoms with Crippen LogP contribution in [0.25, 0.3) is 0 Å². The van der Waals surface area contributed by atoms with Gasteiger partial charge in [0, 0.05) is 12.8 Å². The number of carboxylic acid groups (broad SMARTS) is 1. The summed E-state index contributed by atoms with van der Waals surface area (Å²) in [6.45, 7) is 4.17. The molecule has 0 saturated heterocycles. The van der Waals surface area contributed by atoms with Crippen LogP contribution in [-0.2, 0) is 14.3 Å². The fourth-order valence-corrected chi connectivity index (χ4v) is 4.66. The van der Waals surface area contributed by atoms with Gasteiger partial charge in [-0.3, -0.25) is 9.59 Å². The largest absolute Gasteiger partial charge is 0.481 e. The summed E-state index contributed by atoms with van der Waals surface area (Å²) >= 11 is 0. The zero-order valence-corrected chi connectivity index (χ0v) is 27.7. The second-order valence-corrected chi connectivity index (χ2v) is 11.4. The summed E-state index contributed by atoms with van der Waals surface area (Å²) in [6.07, 6.45) is 49.0. The van der Waals surface area contributed by atoms with Crippen LogP contribution in [0.2, 0.25) is 0 Å². The summed E-state index contributed by atoms with van der Waals surface area (Å²) in [5, 5.41) is 8.63. The van der Waals surface area contributed by atoms with Gasteiger partial charge in [-0.1, -0.05) is 144 Å². The zero-order valence-electron chi connectivity index (χ0n) is 27.7. The van der Waals surface area contributed by atoms with Gasteiger partial charge in [0.05, 0.1) is 6.10 Å². The quantitative estimate of drug-likeness (QED) is 0.0509. The Balaban J connectivity index is 3.53. The highest BCUT2D eigenvalue weighted by Crippen LogP contribution is 2.14. The molecular formula is C39H64O4. The van der Waals surface area contributed by atoms with Gasteiger partial charge in [-0.25, -0.2) is 0 Å². The van der Waals surface area contributed by atoms with Gasteiger partial charge in [0.2, 0.25) is 0 Å². The molecule has 0 aromatic heterocycles. The summed E-state index contributed by atoms with van der Waals surface area (Å²) in [4.78, 5) is 22.6. The number of ether oxygens (including phenoxy) is 1. The fourth-order valence-electron chi connectivity index (χ4n) is 4.66. The second kappa shape index (κ2) is 33.9. The van der Waals surface area contributed by atoms with E-state index >= 15 is 0 Å². The molecule has 0 bridgehead atoms. The number of allylic oxidation sites excluding steroid dienone is 12. The number of hydrogen-bond donors (Lipinski definition) is 1. The molecule has 0 aliphatic rings. The third kappa shape index (κ3) is 35.5. The normalized spacial score (nSPS) is 13.2. The van der Waals surface area contributed by atoms with Crippen molar-refractivity contribution in [2.45, 2.75) is 161 Å². The number of carbonyl (C=O) groups is 2. The molecule has 0 rings (SSSR count). The van der Waals surface area contributed by atoms with Crippen LogP contribution in [0.4, 0.5) is 0 Å². The number of aliphatic carboxylic acids is 1. The molecular weight excluding hydrogens is 532 g/mol. The van der Waals surface area contributed by atoms with Gasteiger partial charge >= 0.3 is 11.9 Å². The Morgan fingerprint density at radius 3 is 1.33 bits per heavy atom. The first-order chi connectivity index (χ1) is 21.1. The summed E-state index contributed by atoms with van der Waals surface area (Å²) in [5.41, 5.74) is 0. The lowest BCUT2D eigenvalue weighted by Gasteiger charge is -2.12. The van der Waals surface area contributed by atoms with E-state index in [9.17, 15) is 9.59 Å². The van der Waals surface area contributed by atoms with Crippen LogP contribution < -0.4 is 0 Å². The summed E-state index contributed by atoms with van der Waals surface area (Å²) < 4.78 is 5.57. The number of esters is 1. The van der Waals surface area contributed by atoms with E-state index in [1.165, 1.54) is 57.8 Å². The van der Waals surface area contributed by atoms with Gasteiger partial charge < -0.3 is 9.84 Å². The third-order valence-corrected chi connectivity index (χ3v) is 7.20. The molecule has 0 fully saturated rings. The number of hydrogen-bond acceptors (Lipinski definition) is 3. The van der Waals surface area contributed by atoms with Crippen molar-refractivity contribution < 1.29 is 19.4 Å². The average molecular weight is 597 g/mol. The van der Waals surface area contributed by atoms with Crippen LogP contribution in [0.1, 0.15) is 155 Å². The predicted octanol–water partition coefficient (Wildman–Crippen LogP) is 11.9. The van der Waals surface area contributed by atoms with Crippen molar-refractivity contribution in [3.05, 3.63) is 72.9 Å². The first kappa shape index (κ1) is 40.4. The molecule has 43 heavy (non-hydrogen) atoms. The van der Waals surface area contributed by atoms with Crippen molar-refractivity contribution in [2.24, 2.45) is 0 Å². The lowest BCUT2D eigenvalue weighted by molar-refractivity contribution is -0.148. The molecule has 1 N–H and O–H groups in total. The van der Waals surface area contributed by atoms with Crippen molar-refractivity contribution in [3.63, 3.8) is 0 Å². The van der Waals surface area contributed by atoms with E-state index in [-0.39, 0.29) is 12.1 Å². The van der Waals surface area contributed by atoms with E-state index in [1.807, 2.05) is 6.92 Å². The zero-order chi connectivity index (χ0) is 31.5. The van der Waals surface area contributed by atoms with Crippen molar-refractivity contribution >= 4 is 11.9 Å². The molecule has 0 aromatic rings. The molecule has 0 amide bonds. The first-order valence-corrected chi connectivity index (χ1v) is 17.4. The smallest absolute Gasteiger partial charge is 0.306 e. The maximum atomic E-state index is 12.1. The van der Waals surface area contributed by atoms with Gasteiger partial charge in [0.15, 0.2) is 0 Å². The van der Waals surface area contributed by atoms with E-state index < -0.39 is 5.97 Å². The lowest BCUT2D eigenvalue weighted by Crippen LogP contribution is -2.14. The molecule has 0 spiro atoms. The maximum Gasteiger partial charge on any atom is 0.306 e. The maximum absolute atomic E-state index is 12.1.